The first-order valence-corrected chi connectivity index (χ1v) is 12.4. The molecule has 4 rings (SSSR count). The molecule has 0 amide bonds. The fourth-order valence-electron chi connectivity index (χ4n) is 4.24. The number of aromatic amines is 1. The van der Waals surface area contributed by atoms with Crippen molar-refractivity contribution in [3.8, 4) is 11.5 Å². The Hall–Kier alpha value is -4.25. The Labute approximate surface area is 220 Å². The Balaban J connectivity index is 1.59. The third-order valence-corrected chi connectivity index (χ3v) is 6.19. The maximum Gasteiger partial charge on any atom is 0.327 e. The Morgan fingerprint density at radius 1 is 1.05 bits per heavy atom. The number of esters is 1. The topological polar surface area (TPSA) is 124 Å². The van der Waals surface area contributed by atoms with E-state index in [1.54, 1.807) is 21.1 Å². The molecule has 0 aliphatic carbocycles. The predicted molar refractivity (Wildman–Crippen MR) is 141 cm³/mol. The van der Waals surface area contributed by atoms with E-state index in [2.05, 4.69) is 25.4 Å². The minimum Gasteiger partial charge on any atom is -0.493 e. The van der Waals surface area contributed by atoms with Gasteiger partial charge in [0, 0.05) is 24.2 Å². The molecule has 0 spiro atoms. The van der Waals surface area contributed by atoms with Gasteiger partial charge in [-0.3, -0.25) is 14.5 Å². The van der Waals surface area contributed by atoms with Gasteiger partial charge >= 0.3 is 5.97 Å². The number of tetrazole rings is 1. The van der Waals surface area contributed by atoms with Crippen molar-refractivity contribution in [2.45, 2.75) is 39.9 Å². The number of aromatic nitrogens is 5. The molecule has 2 aromatic carbocycles. The van der Waals surface area contributed by atoms with E-state index in [4.69, 9.17) is 14.2 Å². The standard InChI is InChI=1S/C27H32N6O5/c1-5-38-26(34)17-33-25(29-30-31-33)16-32(11-10-19-7-9-23(36-3)24(13-19)37-4)15-21-14-20-8-6-18(2)12-22(20)28-27(21)35/h6-9,12-14H,5,10-11,15-17H2,1-4H3,(H,28,35). The quantitative estimate of drug-likeness (QED) is 0.281. The van der Waals surface area contributed by atoms with Crippen LogP contribution in [0.25, 0.3) is 10.9 Å². The van der Waals surface area contributed by atoms with Crippen molar-refractivity contribution in [2.75, 3.05) is 27.4 Å². The third-order valence-electron chi connectivity index (χ3n) is 6.19. The maximum absolute atomic E-state index is 13.0. The predicted octanol–water partition coefficient (Wildman–Crippen LogP) is 2.65. The lowest BCUT2D eigenvalue weighted by atomic mass is 10.1. The van der Waals surface area contributed by atoms with Crippen molar-refractivity contribution in [3.05, 3.63) is 75.3 Å². The first-order chi connectivity index (χ1) is 18.4. The summed E-state index contributed by atoms with van der Waals surface area (Å²) in [4.78, 5) is 30.1. The first kappa shape index (κ1) is 26.8. The van der Waals surface area contributed by atoms with E-state index < -0.39 is 5.97 Å². The fourth-order valence-corrected chi connectivity index (χ4v) is 4.24. The number of ether oxygens (including phenoxy) is 3. The minimum absolute atomic E-state index is 0.0877. The third kappa shape index (κ3) is 6.54. The highest BCUT2D eigenvalue weighted by Crippen LogP contribution is 2.28. The SMILES string of the molecule is CCOC(=O)Cn1nnnc1CN(CCc1ccc(OC)c(OC)c1)Cc1cc2ccc(C)cc2[nH]c1=O. The van der Waals surface area contributed by atoms with Crippen LogP contribution in [-0.2, 0) is 35.6 Å². The van der Waals surface area contributed by atoms with Crippen LogP contribution in [0.4, 0.5) is 0 Å². The number of methoxy groups -OCH3 is 2. The second kappa shape index (κ2) is 12.3. The molecule has 0 saturated heterocycles. The number of nitrogens with one attached hydrogen (secondary N) is 1. The van der Waals surface area contributed by atoms with Crippen LogP contribution < -0.4 is 15.0 Å². The molecule has 11 heteroatoms. The number of fused-ring (bicyclic) bond motifs is 1. The summed E-state index contributed by atoms with van der Waals surface area (Å²) in [6, 6.07) is 13.7. The Morgan fingerprint density at radius 2 is 1.87 bits per heavy atom. The molecule has 0 saturated carbocycles. The summed E-state index contributed by atoms with van der Waals surface area (Å²) < 4.78 is 17.3. The van der Waals surface area contributed by atoms with Crippen LogP contribution in [0, 0.1) is 6.92 Å². The number of hydrogen-bond donors (Lipinski definition) is 1. The van der Waals surface area contributed by atoms with Crippen molar-refractivity contribution < 1.29 is 19.0 Å². The summed E-state index contributed by atoms with van der Waals surface area (Å²) in [5, 5.41) is 12.8. The summed E-state index contributed by atoms with van der Waals surface area (Å²) in [7, 11) is 3.20. The fraction of sp³-hybridized carbons (Fsp3) is 0.370. The van der Waals surface area contributed by atoms with Crippen molar-refractivity contribution in [2.24, 2.45) is 0 Å². The zero-order chi connectivity index (χ0) is 27.1. The Bertz CT molecular complexity index is 1460. The number of rotatable bonds is 12. The first-order valence-electron chi connectivity index (χ1n) is 12.4. The maximum atomic E-state index is 13.0. The highest BCUT2D eigenvalue weighted by Gasteiger charge is 2.17. The van der Waals surface area contributed by atoms with Crippen molar-refractivity contribution in [1.82, 2.24) is 30.1 Å². The minimum atomic E-state index is -0.417. The van der Waals surface area contributed by atoms with Crippen molar-refractivity contribution >= 4 is 16.9 Å². The van der Waals surface area contributed by atoms with Gasteiger partial charge in [-0.05, 0) is 71.5 Å². The lowest BCUT2D eigenvalue weighted by Gasteiger charge is -2.22. The molecular weight excluding hydrogens is 488 g/mol. The van der Waals surface area contributed by atoms with Crippen molar-refractivity contribution in [1.29, 1.82) is 0 Å². The number of carbonyl (C=O) groups is 1. The molecule has 2 aromatic heterocycles. The smallest absolute Gasteiger partial charge is 0.327 e. The molecule has 0 radical (unpaired) electrons. The molecule has 2 heterocycles. The lowest BCUT2D eigenvalue weighted by Crippen LogP contribution is -2.30. The number of hydrogen-bond acceptors (Lipinski definition) is 9. The van der Waals surface area contributed by atoms with Crippen LogP contribution >= 0.6 is 0 Å². The van der Waals surface area contributed by atoms with Crippen LogP contribution in [0.5, 0.6) is 11.5 Å². The zero-order valence-electron chi connectivity index (χ0n) is 22.1. The highest BCUT2D eigenvalue weighted by molar-refractivity contribution is 5.79. The summed E-state index contributed by atoms with van der Waals surface area (Å²) in [6.45, 7) is 5.20. The van der Waals surface area contributed by atoms with E-state index in [0.29, 0.717) is 48.9 Å². The average Bonchev–Trinajstić information content (AvgIpc) is 3.33. The number of H-pyrrole nitrogens is 1. The van der Waals surface area contributed by atoms with Gasteiger partial charge in [0.15, 0.2) is 17.3 Å². The van der Waals surface area contributed by atoms with Gasteiger partial charge in [-0.2, -0.15) is 0 Å². The van der Waals surface area contributed by atoms with Gasteiger partial charge in [-0.15, -0.1) is 5.10 Å². The average molecular weight is 521 g/mol. The molecule has 11 nitrogen and oxygen atoms in total. The molecule has 0 aliphatic heterocycles. The van der Waals surface area contributed by atoms with E-state index in [0.717, 1.165) is 22.0 Å². The van der Waals surface area contributed by atoms with Crippen molar-refractivity contribution in [3.63, 3.8) is 0 Å². The molecule has 200 valence electrons. The van der Waals surface area contributed by atoms with E-state index in [-0.39, 0.29) is 18.7 Å². The molecule has 0 aliphatic rings. The van der Waals surface area contributed by atoms with Gasteiger partial charge in [-0.25, -0.2) is 4.68 Å². The summed E-state index contributed by atoms with van der Waals surface area (Å²) >= 11 is 0. The zero-order valence-corrected chi connectivity index (χ0v) is 22.1. The largest absolute Gasteiger partial charge is 0.493 e. The summed E-state index contributed by atoms with van der Waals surface area (Å²) in [5.74, 6) is 1.39. The number of carbonyl (C=O) groups excluding carboxylic acids is 1. The summed E-state index contributed by atoms with van der Waals surface area (Å²) in [5.41, 5.74) is 3.39. The van der Waals surface area contributed by atoms with E-state index >= 15 is 0 Å². The molecule has 4 aromatic rings. The molecule has 0 unspecified atom stereocenters. The van der Waals surface area contributed by atoms with Gasteiger partial charge in [0.1, 0.15) is 6.54 Å². The highest BCUT2D eigenvalue weighted by atomic mass is 16.5. The molecular formula is C27H32N6O5. The van der Waals surface area contributed by atoms with Crippen LogP contribution in [-0.4, -0.2) is 63.4 Å². The lowest BCUT2D eigenvalue weighted by molar-refractivity contribution is -0.144. The van der Waals surface area contributed by atoms with Gasteiger partial charge in [0.25, 0.3) is 5.56 Å². The van der Waals surface area contributed by atoms with E-state index in [1.165, 1.54) is 4.68 Å². The van der Waals surface area contributed by atoms with Crippen LogP contribution in [0.15, 0.2) is 47.3 Å². The van der Waals surface area contributed by atoms with Gasteiger partial charge < -0.3 is 19.2 Å². The number of pyridine rings is 1. The Kier molecular flexibility index (Phi) is 8.70. The number of nitrogens with zero attached hydrogens (tertiary/aromatic N) is 5. The second-order valence-electron chi connectivity index (χ2n) is 8.92. The second-order valence-corrected chi connectivity index (χ2v) is 8.92. The van der Waals surface area contributed by atoms with Gasteiger partial charge in [0.05, 0.1) is 27.4 Å². The molecule has 0 fully saturated rings. The van der Waals surface area contributed by atoms with Crippen LogP contribution in [0.2, 0.25) is 0 Å². The van der Waals surface area contributed by atoms with Crippen LogP contribution in [0.3, 0.4) is 0 Å². The molecule has 1 N–H and O–H groups in total. The van der Waals surface area contributed by atoms with Gasteiger partial charge in [0.2, 0.25) is 0 Å². The molecule has 0 atom stereocenters. The normalized spacial score (nSPS) is 11.2. The number of benzene rings is 2. The Morgan fingerprint density at radius 3 is 2.63 bits per heavy atom. The van der Waals surface area contributed by atoms with Gasteiger partial charge in [-0.1, -0.05) is 18.2 Å². The molecule has 0 bridgehead atoms. The van der Waals surface area contributed by atoms with E-state index in [9.17, 15) is 9.59 Å². The summed E-state index contributed by atoms with van der Waals surface area (Å²) in [6.07, 6.45) is 0.671. The van der Waals surface area contributed by atoms with Crippen LogP contribution in [0.1, 0.15) is 29.4 Å². The number of aryl methyl sites for hydroxylation is 1. The van der Waals surface area contributed by atoms with E-state index in [1.807, 2.05) is 49.4 Å². The molecule has 38 heavy (non-hydrogen) atoms. The monoisotopic (exact) mass is 520 g/mol.